The number of rotatable bonds is 5. The Morgan fingerprint density at radius 1 is 1.06 bits per heavy atom. The molecule has 31 heavy (non-hydrogen) atoms. The molecule has 4 rings (SSSR count). The Hall–Kier alpha value is -3.49. The van der Waals surface area contributed by atoms with Gasteiger partial charge in [0.05, 0.1) is 17.8 Å². The number of halogens is 2. The third-order valence-electron chi connectivity index (χ3n) is 4.54. The number of benzene rings is 2. The van der Waals surface area contributed by atoms with Crippen LogP contribution in [0.2, 0.25) is 0 Å². The van der Waals surface area contributed by atoms with E-state index in [9.17, 15) is 23.5 Å². The standard InChI is InChI=1S/C20H14F2N4O4.H3P/c21-11-2-1-3-12(22)14(11)17-25-13-8-23-19(28)15(13)18(26-17)24-10-6-4-9(5-7-10)16(27)20(29)30;/h1-7,16,27H,8H2,(H,23,28)(H,29,30)(H,24,25,26);1H3. The van der Waals surface area contributed by atoms with Gasteiger partial charge in [-0.25, -0.2) is 23.5 Å². The Morgan fingerprint density at radius 2 is 1.71 bits per heavy atom. The third kappa shape index (κ3) is 4.21. The zero-order chi connectivity index (χ0) is 21.4. The minimum Gasteiger partial charge on any atom is -0.479 e. The van der Waals surface area contributed by atoms with E-state index in [1.54, 1.807) is 0 Å². The number of anilines is 2. The predicted molar refractivity (Wildman–Crippen MR) is 112 cm³/mol. The number of carbonyl (C=O) groups is 2. The predicted octanol–water partition coefficient (Wildman–Crippen LogP) is 2.58. The van der Waals surface area contributed by atoms with E-state index in [0.29, 0.717) is 5.69 Å². The highest BCUT2D eigenvalue weighted by atomic mass is 31.0. The lowest BCUT2D eigenvalue weighted by Gasteiger charge is -2.13. The van der Waals surface area contributed by atoms with Crippen molar-refractivity contribution in [3.63, 3.8) is 0 Å². The number of carboxylic acid groups (broad SMARTS) is 1. The molecule has 0 aliphatic carbocycles. The summed E-state index contributed by atoms with van der Waals surface area (Å²) in [7, 11) is 0. The van der Waals surface area contributed by atoms with Crippen LogP contribution >= 0.6 is 9.90 Å². The first-order chi connectivity index (χ1) is 14.3. The summed E-state index contributed by atoms with van der Waals surface area (Å²) < 4.78 is 28.4. The van der Waals surface area contributed by atoms with Gasteiger partial charge in [-0.15, -0.1) is 0 Å². The molecule has 8 nitrogen and oxygen atoms in total. The van der Waals surface area contributed by atoms with Gasteiger partial charge in [-0.05, 0) is 29.8 Å². The molecule has 1 amide bonds. The van der Waals surface area contributed by atoms with Gasteiger partial charge in [0.15, 0.2) is 11.9 Å². The molecule has 2 heterocycles. The summed E-state index contributed by atoms with van der Waals surface area (Å²) in [5.74, 6) is -3.70. The lowest BCUT2D eigenvalue weighted by atomic mass is 10.1. The maximum Gasteiger partial charge on any atom is 0.337 e. The maximum absolute atomic E-state index is 14.2. The number of hydrogen-bond donors (Lipinski definition) is 4. The molecule has 0 saturated carbocycles. The van der Waals surface area contributed by atoms with Crippen molar-refractivity contribution in [2.24, 2.45) is 0 Å². The molecule has 4 N–H and O–H groups in total. The zero-order valence-electron chi connectivity index (χ0n) is 15.9. The van der Waals surface area contributed by atoms with E-state index in [2.05, 4.69) is 20.6 Å². The minimum absolute atomic E-state index is 0. The molecule has 0 spiro atoms. The van der Waals surface area contributed by atoms with Gasteiger partial charge < -0.3 is 20.8 Å². The highest BCUT2D eigenvalue weighted by molar-refractivity contribution is 6.92. The number of hydrogen-bond acceptors (Lipinski definition) is 6. The van der Waals surface area contributed by atoms with E-state index < -0.39 is 35.2 Å². The fraction of sp³-hybridized carbons (Fsp3) is 0.100. The number of aromatic nitrogens is 2. The van der Waals surface area contributed by atoms with Crippen LogP contribution in [0.5, 0.6) is 0 Å². The molecule has 0 fully saturated rings. The van der Waals surface area contributed by atoms with Gasteiger partial charge >= 0.3 is 5.97 Å². The first-order valence-electron chi connectivity index (χ1n) is 8.76. The van der Waals surface area contributed by atoms with Crippen molar-refractivity contribution in [1.29, 1.82) is 0 Å². The quantitative estimate of drug-likeness (QED) is 0.444. The van der Waals surface area contributed by atoms with Gasteiger partial charge in [0.1, 0.15) is 23.0 Å². The van der Waals surface area contributed by atoms with E-state index >= 15 is 0 Å². The maximum atomic E-state index is 14.2. The summed E-state index contributed by atoms with van der Waals surface area (Å²) >= 11 is 0. The van der Waals surface area contributed by atoms with Gasteiger partial charge in [-0.2, -0.15) is 9.90 Å². The summed E-state index contributed by atoms with van der Waals surface area (Å²) in [5.41, 5.74) is 0.588. The molecule has 2 atom stereocenters. The van der Waals surface area contributed by atoms with Gasteiger partial charge in [0, 0.05) is 5.69 Å². The SMILES string of the molecule is O=C1NCc2nc(-c3c(F)cccc3F)nc(Nc3ccc(C(O)C(=O)O)cc3)c21.P. The van der Waals surface area contributed by atoms with Crippen LogP contribution in [0.4, 0.5) is 20.3 Å². The monoisotopic (exact) mass is 446 g/mol. The molecule has 3 aromatic rings. The van der Waals surface area contributed by atoms with Crippen molar-refractivity contribution < 1.29 is 28.6 Å². The smallest absolute Gasteiger partial charge is 0.337 e. The topological polar surface area (TPSA) is 124 Å². The molecule has 1 aliphatic rings. The van der Waals surface area contributed by atoms with Crippen LogP contribution < -0.4 is 10.6 Å². The second-order valence-electron chi connectivity index (χ2n) is 6.48. The summed E-state index contributed by atoms with van der Waals surface area (Å²) in [4.78, 5) is 31.4. The third-order valence-corrected chi connectivity index (χ3v) is 4.54. The summed E-state index contributed by atoms with van der Waals surface area (Å²) in [6, 6.07) is 9.12. The number of aliphatic carboxylic acids is 1. The molecule has 2 aromatic carbocycles. The number of carbonyl (C=O) groups excluding carboxylic acids is 1. The molecular formula is C20H17F2N4O4P. The number of carboxylic acids is 1. The average Bonchev–Trinajstić information content (AvgIpc) is 3.09. The van der Waals surface area contributed by atoms with Crippen LogP contribution in [0, 0.1) is 11.6 Å². The Balaban J connectivity index is 0.00000272. The van der Waals surface area contributed by atoms with Gasteiger partial charge in [0.25, 0.3) is 5.91 Å². The Morgan fingerprint density at radius 3 is 2.32 bits per heavy atom. The second kappa shape index (κ2) is 8.71. The van der Waals surface area contributed by atoms with E-state index in [0.717, 1.165) is 12.1 Å². The Labute approximate surface area is 178 Å². The van der Waals surface area contributed by atoms with Crippen LogP contribution in [0.1, 0.15) is 27.7 Å². The number of aliphatic hydroxyl groups excluding tert-OH is 1. The van der Waals surface area contributed by atoms with E-state index in [1.165, 1.54) is 30.3 Å². The number of nitrogens with one attached hydrogen (secondary N) is 2. The van der Waals surface area contributed by atoms with Crippen LogP contribution in [-0.2, 0) is 11.3 Å². The van der Waals surface area contributed by atoms with E-state index in [4.69, 9.17) is 5.11 Å². The van der Waals surface area contributed by atoms with Gasteiger partial charge in [-0.1, -0.05) is 18.2 Å². The van der Waals surface area contributed by atoms with Crippen molar-refractivity contribution in [1.82, 2.24) is 15.3 Å². The molecule has 0 radical (unpaired) electrons. The second-order valence-corrected chi connectivity index (χ2v) is 6.48. The normalized spacial score (nSPS) is 13.1. The molecule has 11 heteroatoms. The Kier molecular flexibility index (Phi) is 6.24. The molecule has 0 saturated heterocycles. The van der Waals surface area contributed by atoms with Crippen LogP contribution in [0.3, 0.4) is 0 Å². The number of amides is 1. The van der Waals surface area contributed by atoms with E-state index in [-0.39, 0.29) is 44.9 Å². The fourth-order valence-corrected chi connectivity index (χ4v) is 3.07. The Bertz CT molecular complexity index is 1150. The summed E-state index contributed by atoms with van der Waals surface area (Å²) in [6.45, 7) is 0.0815. The van der Waals surface area contributed by atoms with Crippen molar-refractivity contribution in [3.8, 4) is 11.4 Å². The first kappa shape index (κ1) is 22.2. The number of nitrogens with zero attached hydrogens (tertiary/aromatic N) is 2. The first-order valence-corrected chi connectivity index (χ1v) is 8.76. The molecule has 0 bridgehead atoms. The highest BCUT2D eigenvalue weighted by Crippen LogP contribution is 2.30. The van der Waals surface area contributed by atoms with Gasteiger partial charge in [0.2, 0.25) is 0 Å². The summed E-state index contributed by atoms with van der Waals surface area (Å²) in [6.07, 6.45) is -1.68. The fourth-order valence-electron chi connectivity index (χ4n) is 3.07. The van der Waals surface area contributed by atoms with Crippen LogP contribution in [0.15, 0.2) is 42.5 Å². The zero-order valence-corrected chi connectivity index (χ0v) is 17.3. The van der Waals surface area contributed by atoms with Crippen molar-refractivity contribution >= 4 is 33.3 Å². The lowest BCUT2D eigenvalue weighted by molar-refractivity contribution is -0.146. The minimum atomic E-state index is -1.68. The van der Waals surface area contributed by atoms with Crippen molar-refractivity contribution in [3.05, 3.63) is 70.9 Å². The average molecular weight is 446 g/mol. The molecule has 1 aliphatic heterocycles. The molecule has 1 aromatic heterocycles. The van der Waals surface area contributed by atoms with Crippen molar-refractivity contribution in [2.45, 2.75) is 12.6 Å². The number of aliphatic hydroxyl groups is 1. The lowest BCUT2D eigenvalue weighted by Crippen LogP contribution is -2.14. The highest BCUT2D eigenvalue weighted by Gasteiger charge is 2.28. The largest absolute Gasteiger partial charge is 0.479 e. The van der Waals surface area contributed by atoms with Gasteiger partial charge in [-0.3, -0.25) is 4.79 Å². The van der Waals surface area contributed by atoms with Crippen LogP contribution in [-0.4, -0.2) is 32.1 Å². The molecule has 160 valence electrons. The summed E-state index contributed by atoms with van der Waals surface area (Å²) in [5, 5.41) is 23.9. The molecular weight excluding hydrogens is 429 g/mol. The molecule has 2 unspecified atom stereocenters. The van der Waals surface area contributed by atoms with Crippen LogP contribution in [0.25, 0.3) is 11.4 Å². The van der Waals surface area contributed by atoms with Crippen molar-refractivity contribution in [2.75, 3.05) is 5.32 Å². The number of fused-ring (bicyclic) bond motifs is 1. The van der Waals surface area contributed by atoms with E-state index in [1.807, 2.05) is 0 Å².